The monoisotopic (exact) mass is 316 g/mol. The number of nitrogens with zero attached hydrogens (tertiary/aromatic N) is 4. The first kappa shape index (κ1) is 13.2. The summed E-state index contributed by atoms with van der Waals surface area (Å²) >= 11 is 5.78. The Hall–Kier alpha value is -1.78. The number of rotatable bonds is 2. The van der Waals surface area contributed by atoms with E-state index in [0.717, 1.165) is 0 Å². The fourth-order valence-electron chi connectivity index (χ4n) is 2.09. The van der Waals surface area contributed by atoms with Crippen LogP contribution in [0.4, 0.5) is 5.82 Å². The number of anilines is 1. The quantitative estimate of drug-likeness (QED) is 0.710. The summed E-state index contributed by atoms with van der Waals surface area (Å²) in [4.78, 5) is 27.8. The van der Waals surface area contributed by atoms with E-state index in [9.17, 15) is 13.2 Å². The van der Waals surface area contributed by atoms with Gasteiger partial charge >= 0.3 is 0 Å². The SMILES string of the molecule is NS(=O)(=O)C1CC(=O)N(c2nc(Cl)nc3nc[nH]c23)C1. The first-order chi connectivity index (χ1) is 9.36. The van der Waals surface area contributed by atoms with Gasteiger partial charge in [-0.05, 0) is 11.6 Å². The molecule has 0 bridgehead atoms. The number of aromatic amines is 1. The topological polar surface area (TPSA) is 135 Å². The molecule has 0 saturated carbocycles. The second-order valence-corrected chi connectivity index (χ2v) is 6.52. The third-order valence-corrected chi connectivity index (χ3v) is 4.46. The molecule has 1 saturated heterocycles. The molecule has 3 N–H and O–H groups in total. The minimum atomic E-state index is -3.79. The summed E-state index contributed by atoms with van der Waals surface area (Å²) in [7, 11) is -3.79. The van der Waals surface area contributed by atoms with E-state index in [1.165, 1.54) is 11.2 Å². The van der Waals surface area contributed by atoms with E-state index in [2.05, 4.69) is 19.9 Å². The van der Waals surface area contributed by atoms with Crippen LogP contribution in [0.15, 0.2) is 6.33 Å². The fourth-order valence-corrected chi connectivity index (χ4v) is 2.98. The smallest absolute Gasteiger partial charge is 0.229 e. The molecule has 9 nitrogen and oxygen atoms in total. The van der Waals surface area contributed by atoms with Gasteiger partial charge in [0.1, 0.15) is 10.8 Å². The van der Waals surface area contributed by atoms with E-state index in [1.807, 2.05) is 0 Å². The van der Waals surface area contributed by atoms with Gasteiger partial charge in [-0.2, -0.15) is 9.97 Å². The van der Waals surface area contributed by atoms with E-state index >= 15 is 0 Å². The summed E-state index contributed by atoms with van der Waals surface area (Å²) < 4.78 is 22.7. The van der Waals surface area contributed by atoms with Gasteiger partial charge in [-0.1, -0.05) is 0 Å². The molecule has 0 spiro atoms. The average molecular weight is 317 g/mol. The van der Waals surface area contributed by atoms with Crippen LogP contribution in [0.1, 0.15) is 6.42 Å². The van der Waals surface area contributed by atoms with Gasteiger partial charge in [0.2, 0.25) is 21.2 Å². The maximum absolute atomic E-state index is 12.0. The van der Waals surface area contributed by atoms with Crippen molar-refractivity contribution in [2.24, 2.45) is 5.14 Å². The predicted octanol–water partition coefficient (Wildman–Crippen LogP) is -0.600. The van der Waals surface area contributed by atoms with Crippen molar-refractivity contribution in [3.05, 3.63) is 11.6 Å². The molecule has 3 heterocycles. The first-order valence-electron chi connectivity index (χ1n) is 5.55. The molecule has 0 aromatic carbocycles. The molecule has 2 aromatic rings. The number of aromatic nitrogens is 4. The lowest BCUT2D eigenvalue weighted by molar-refractivity contribution is -0.117. The average Bonchev–Trinajstić information content (AvgIpc) is 2.93. The van der Waals surface area contributed by atoms with Crippen LogP contribution >= 0.6 is 11.6 Å². The Labute approximate surface area is 118 Å². The molecule has 1 unspecified atom stereocenters. The largest absolute Gasteiger partial charge is 0.340 e. The first-order valence-corrected chi connectivity index (χ1v) is 7.53. The van der Waals surface area contributed by atoms with Gasteiger partial charge in [0.25, 0.3) is 0 Å². The van der Waals surface area contributed by atoms with E-state index in [1.54, 1.807) is 0 Å². The summed E-state index contributed by atoms with van der Waals surface area (Å²) in [5.74, 6) is -0.191. The van der Waals surface area contributed by atoms with Crippen LogP contribution in [0.5, 0.6) is 0 Å². The maximum Gasteiger partial charge on any atom is 0.229 e. The summed E-state index contributed by atoms with van der Waals surface area (Å²) in [6.07, 6.45) is 1.20. The van der Waals surface area contributed by atoms with Crippen LogP contribution in [-0.4, -0.2) is 46.1 Å². The van der Waals surface area contributed by atoms with Crippen molar-refractivity contribution in [1.29, 1.82) is 0 Å². The number of sulfonamides is 1. The number of nitrogens with one attached hydrogen (secondary N) is 1. The molecule has 1 amide bonds. The van der Waals surface area contributed by atoms with Crippen LogP contribution in [-0.2, 0) is 14.8 Å². The zero-order valence-corrected chi connectivity index (χ0v) is 11.5. The van der Waals surface area contributed by atoms with Crippen LogP contribution in [0.2, 0.25) is 5.28 Å². The zero-order chi connectivity index (χ0) is 14.5. The molecule has 0 radical (unpaired) electrons. The summed E-state index contributed by atoms with van der Waals surface area (Å²) in [6, 6.07) is 0. The van der Waals surface area contributed by atoms with Gasteiger partial charge < -0.3 is 4.98 Å². The Morgan fingerprint density at radius 2 is 2.20 bits per heavy atom. The zero-order valence-electron chi connectivity index (χ0n) is 9.95. The summed E-state index contributed by atoms with van der Waals surface area (Å²) in [5.41, 5.74) is 0.713. The summed E-state index contributed by atoms with van der Waals surface area (Å²) in [5, 5.41) is 4.05. The van der Waals surface area contributed by atoms with Gasteiger partial charge in [-0.25, -0.2) is 18.5 Å². The number of amides is 1. The highest BCUT2D eigenvalue weighted by atomic mass is 35.5. The number of nitrogens with two attached hydrogens (primary N) is 1. The van der Waals surface area contributed by atoms with Crippen molar-refractivity contribution in [2.45, 2.75) is 11.7 Å². The second-order valence-electron chi connectivity index (χ2n) is 4.34. The molecule has 0 aliphatic carbocycles. The van der Waals surface area contributed by atoms with Gasteiger partial charge in [0, 0.05) is 13.0 Å². The molecule has 20 heavy (non-hydrogen) atoms. The normalized spacial score (nSPS) is 20.0. The Balaban J connectivity index is 2.08. The van der Waals surface area contributed by atoms with Crippen molar-refractivity contribution >= 4 is 44.5 Å². The van der Waals surface area contributed by atoms with Crippen LogP contribution in [0, 0.1) is 0 Å². The van der Waals surface area contributed by atoms with Gasteiger partial charge in [0.15, 0.2) is 11.5 Å². The molecule has 1 fully saturated rings. The van der Waals surface area contributed by atoms with Crippen molar-refractivity contribution in [1.82, 2.24) is 19.9 Å². The Bertz CT molecular complexity index is 803. The number of hydrogen-bond acceptors (Lipinski definition) is 6. The van der Waals surface area contributed by atoms with Gasteiger partial charge in [-0.15, -0.1) is 0 Å². The maximum atomic E-state index is 12.0. The highest BCUT2D eigenvalue weighted by molar-refractivity contribution is 7.89. The van der Waals surface area contributed by atoms with E-state index in [0.29, 0.717) is 11.2 Å². The van der Waals surface area contributed by atoms with Crippen molar-refractivity contribution < 1.29 is 13.2 Å². The number of H-pyrrole nitrogens is 1. The Kier molecular flexibility index (Phi) is 2.88. The molecule has 11 heteroatoms. The van der Waals surface area contributed by atoms with Crippen LogP contribution in [0.3, 0.4) is 0 Å². The van der Waals surface area contributed by atoms with Crippen LogP contribution in [0.25, 0.3) is 11.2 Å². The highest BCUT2D eigenvalue weighted by Crippen LogP contribution is 2.28. The van der Waals surface area contributed by atoms with Gasteiger partial charge in [0.05, 0.1) is 6.33 Å². The van der Waals surface area contributed by atoms with Crippen molar-refractivity contribution in [2.75, 3.05) is 11.4 Å². The number of carbonyl (C=O) groups excluding carboxylic acids is 1. The number of imidazole rings is 1. The predicted molar refractivity (Wildman–Crippen MR) is 70.6 cm³/mol. The number of carbonyl (C=O) groups is 1. The molecule has 106 valence electrons. The van der Waals surface area contributed by atoms with Crippen LogP contribution < -0.4 is 10.0 Å². The highest BCUT2D eigenvalue weighted by Gasteiger charge is 2.38. The molecule has 1 aliphatic rings. The van der Waals surface area contributed by atoms with E-state index < -0.39 is 21.2 Å². The van der Waals surface area contributed by atoms with E-state index in [-0.39, 0.29) is 24.1 Å². The minimum Gasteiger partial charge on any atom is -0.340 e. The minimum absolute atomic E-state index is 0.0703. The molecule has 3 rings (SSSR count). The number of halogens is 1. The third-order valence-electron chi connectivity index (χ3n) is 3.05. The standard InChI is InChI=1S/C9H9ClN6O3S/c10-9-14-7-6(12-3-13-7)8(15-9)16-2-4(1-5(16)17)20(11,18)19/h3-4H,1-2H2,(H2,11,18,19)(H,12,13,14,15). The Morgan fingerprint density at radius 3 is 2.85 bits per heavy atom. The summed E-state index contributed by atoms with van der Waals surface area (Å²) in [6.45, 7) is -0.0703. The molecule has 1 atom stereocenters. The fraction of sp³-hybridized carbons (Fsp3) is 0.333. The number of hydrogen-bond donors (Lipinski definition) is 2. The molecular formula is C9H9ClN6O3S. The van der Waals surface area contributed by atoms with E-state index in [4.69, 9.17) is 16.7 Å². The number of primary sulfonamides is 1. The third kappa shape index (κ3) is 2.11. The molecule has 2 aromatic heterocycles. The lowest BCUT2D eigenvalue weighted by atomic mass is 10.4. The van der Waals surface area contributed by atoms with Gasteiger partial charge in [-0.3, -0.25) is 9.69 Å². The lowest BCUT2D eigenvalue weighted by Gasteiger charge is -2.15. The molecule has 1 aliphatic heterocycles. The molecular weight excluding hydrogens is 308 g/mol. The Morgan fingerprint density at radius 1 is 1.45 bits per heavy atom. The van der Waals surface area contributed by atoms with Crippen molar-refractivity contribution in [3.63, 3.8) is 0 Å². The number of fused-ring (bicyclic) bond motifs is 1. The lowest BCUT2D eigenvalue weighted by Crippen LogP contribution is -2.32. The second kappa shape index (κ2) is 4.36. The van der Waals surface area contributed by atoms with Crippen molar-refractivity contribution in [3.8, 4) is 0 Å².